The van der Waals surface area contributed by atoms with Gasteiger partial charge < -0.3 is 24.4 Å². The second-order valence-corrected chi connectivity index (χ2v) is 9.34. The van der Waals surface area contributed by atoms with Crippen molar-refractivity contribution in [3.63, 3.8) is 0 Å². The average Bonchev–Trinajstić information content (AvgIpc) is 3.32. The topological polar surface area (TPSA) is 77.1 Å². The number of hydrogen-bond acceptors (Lipinski definition) is 6. The summed E-state index contributed by atoms with van der Waals surface area (Å²) >= 11 is 1.48. The number of rotatable bonds is 11. The Morgan fingerprint density at radius 3 is 2.26 bits per heavy atom. The molecule has 2 unspecified atom stereocenters. The third-order valence-corrected chi connectivity index (χ3v) is 7.26. The van der Waals surface area contributed by atoms with E-state index in [0.717, 1.165) is 31.2 Å². The van der Waals surface area contributed by atoms with Crippen molar-refractivity contribution in [2.24, 2.45) is 0 Å². The molecule has 190 valence electrons. The Balaban J connectivity index is 1.93. The third-order valence-electron chi connectivity index (χ3n) is 5.93. The normalized spacial score (nSPS) is 17.2. The highest BCUT2D eigenvalue weighted by Gasteiger charge is 2.43. The molecule has 35 heavy (non-hydrogen) atoms. The van der Waals surface area contributed by atoms with E-state index in [4.69, 9.17) is 14.2 Å². The summed E-state index contributed by atoms with van der Waals surface area (Å²) in [6.07, 6.45) is 4.17. The lowest BCUT2D eigenvalue weighted by molar-refractivity contribution is -0.124. The minimum Gasteiger partial charge on any atom is -0.493 e. The van der Waals surface area contributed by atoms with Crippen molar-refractivity contribution in [3.8, 4) is 17.2 Å². The molecule has 2 atom stereocenters. The Morgan fingerprint density at radius 1 is 1.03 bits per heavy atom. The first-order valence-electron chi connectivity index (χ1n) is 11.7. The number of nitrogens with zero attached hydrogens (tertiary/aromatic N) is 1. The summed E-state index contributed by atoms with van der Waals surface area (Å²) in [5.74, 6) is 0.585. The number of hydrogen-bond donors (Lipinski definition) is 1. The summed E-state index contributed by atoms with van der Waals surface area (Å²) in [5, 5.41) is 2.54. The molecule has 0 saturated carbocycles. The van der Waals surface area contributed by atoms with Gasteiger partial charge in [-0.05, 0) is 36.2 Å². The number of thioether (sulfide) groups is 1. The quantitative estimate of drug-likeness (QED) is 0.443. The number of unbranched alkanes of at least 4 members (excludes halogenated alkanes) is 3. The maximum Gasteiger partial charge on any atom is 0.256 e. The van der Waals surface area contributed by atoms with Crippen molar-refractivity contribution in [2.45, 2.75) is 44.0 Å². The fourth-order valence-corrected chi connectivity index (χ4v) is 5.50. The maximum absolute atomic E-state index is 13.9. The van der Waals surface area contributed by atoms with E-state index in [9.17, 15) is 14.0 Å². The van der Waals surface area contributed by atoms with Gasteiger partial charge in [0.15, 0.2) is 11.5 Å². The van der Waals surface area contributed by atoms with E-state index in [1.165, 1.54) is 45.2 Å². The van der Waals surface area contributed by atoms with Crippen molar-refractivity contribution in [3.05, 3.63) is 53.3 Å². The van der Waals surface area contributed by atoms with Gasteiger partial charge in [-0.3, -0.25) is 9.59 Å². The fourth-order valence-electron chi connectivity index (χ4n) is 4.08. The number of amides is 2. The Kier molecular flexibility index (Phi) is 9.65. The van der Waals surface area contributed by atoms with Gasteiger partial charge in [0.05, 0.1) is 21.3 Å². The predicted octanol–water partition coefficient (Wildman–Crippen LogP) is 4.80. The summed E-state index contributed by atoms with van der Waals surface area (Å²) in [5.41, 5.74) is 1.05. The third kappa shape index (κ3) is 6.20. The molecule has 0 aromatic heterocycles. The maximum atomic E-state index is 13.9. The molecule has 1 aliphatic heterocycles. The Hall–Kier alpha value is -2.94. The molecular weight excluding hydrogens is 471 g/mol. The van der Waals surface area contributed by atoms with Crippen LogP contribution in [0, 0.1) is 5.82 Å². The van der Waals surface area contributed by atoms with Crippen LogP contribution in [0.3, 0.4) is 0 Å². The molecule has 2 aromatic carbocycles. The zero-order valence-electron chi connectivity index (χ0n) is 20.6. The summed E-state index contributed by atoms with van der Waals surface area (Å²) in [6, 6.07) is 8.49. The van der Waals surface area contributed by atoms with Crippen LogP contribution in [0.15, 0.2) is 36.4 Å². The van der Waals surface area contributed by atoms with E-state index in [0.29, 0.717) is 35.1 Å². The van der Waals surface area contributed by atoms with Gasteiger partial charge >= 0.3 is 0 Å². The average molecular weight is 505 g/mol. The molecule has 3 rings (SSSR count). The molecule has 0 aliphatic carbocycles. The van der Waals surface area contributed by atoms with Gasteiger partial charge in [0, 0.05) is 17.9 Å². The number of nitrogens with one attached hydrogen (secondary N) is 1. The monoisotopic (exact) mass is 504 g/mol. The smallest absolute Gasteiger partial charge is 0.256 e. The Morgan fingerprint density at radius 2 is 1.69 bits per heavy atom. The summed E-state index contributed by atoms with van der Waals surface area (Å²) in [7, 11) is 4.45. The van der Waals surface area contributed by atoms with Crippen LogP contribution in [0.25, 0.3) is 0 Å². The Labute approximate surface area is 210 Å². The molecule has 1 saturated heterocycles. The minimum atomic E-state index is -0.673. The molecule has 0 spiro atoms. The molecule has 9 heteroatoms. The molecule has 1 fully saturated rings. The standard InChI is InChI=1S/C26H33FN2O5S/c1-5-6-7-8-13-28-24(30)20-16-35-26(17-9-11-19(27)12-10-17)29(20)25(31)18-14-21(32-2)23(34-4)22(15-18)33-3/h9-12,14-15,20,26H,5-8,13,16H2,1-4H3,(H,28,30). The van der Waals surface area contributed by atoms with Crippen LogP contribution < -0.4 is 19.5 Å². The minimum absolute atomic E-state index is 0.195. The van der Waals surface area contributed by atoms with E-state index < -0.39 is 11.4 Å². The SMILES string of the molecule is CCCCCCNC(=O)C1CSC(c2ccc(F)cc2)N1C(=O)c1cc(OC)c(OC)c(OC)c1. The van der Waals surface area contributed by atoms with Crippen LogP contribution >= 0.6 is 11.8 Å². The van der Waals surface area contributed by atoms with Crippen molar-refractivity contribution in [2.75, 3.05) is 33.6 Å². The van der Waals surface area contributed by atoms with Gasteiger partial charge in [0.2, 0.25) is 11.7 Å². The van der Waals surface area contributed by atoms with Crippen molar-refractivity contribution in [1.29, 1.82) is 0 Å². The van der Waals surface area contributed by atoms with Crippen LogP contribution in [0.4, 0.5) is 4.39 Å². The zero-order valence-corrected chi connectivity index (χ0v) is 21.5. The van der Waals surface area contributed by atoms with Gasteiger partial charge in [-0.1, -0.05) is 38.3 Å². The van der Waals surface area contributed by atoms with Crippen molar-refractivity contribution in [1.82, 2.24) is 10.2 Å². The number of halogens is 1. The number of ether oxygens (including phenoxy) is 3. The summed E-state index contributed by atoms with van der Waals surface area (Å²) in [6.45, 7) is 2.70. The molecule has 2 aromatic rings. The van der Waals surface area contributed by atoms with E-state index in [1.54, 1.807) is 29.2 Å². The highest BCUT2D eigenvalue weighted by atomic mass is 32.2. The van der Waals surface area contributed by atoms with Crippen molar-refractivity contribution >= 4 is 23.6 Å². The van der Waals surface area contributed by atoms with Gasteiger partial charge in [0.1, 0.15) is 17.2 Å². The van der Waals surface area contributed by atoms with Crippen LogP contribution in [-0.4, -0.2) is 56.4 Å². The molecule has 1 aliphatic rings. The molecular formula is C26H33FN2O5S. The first kappa shape index (κ1) is 26.7. The zero-order chi connectivity index (χ0) is 25.4. The fraction of sp³-hybridized carbons (Fsp3) is 0.462. The van der Waals surface area contributed by atoms with Crippen LogP contribution in [0.2, 0.25) is 0 Å². The molecule has 2 amide bonds. The molecule has 1 N–H and O–H groups in total. The summed E-state index contributed by atoms with van der Waals surface area (Å²) < 4.78 is 29.8. The van der Waals surface area contributed by atoms with E-state index >= 15 is 0 Å². The van der Waals surface area contributed by atoms with Gasteiger partial charge in [0.25, 0.3) is 5.91 Å². The van der Waals surface area contributed by atoms with Gasteiger partial charge in [-0.15, -0.1) is 11.8 Å². The van der Waals surface area contributed by atoms with E-state index in [-0.39, 0.29) is 17.6 Å². The largest absolute Gasteiger partial charge is 0.493 e. The molecule has 1 heterocycles. The second kappa shape index (κ2) is 12.7. The lowest BCUT2D eigenvalue weighted by atomic mass is 10.1. The number of carbonyl (C=O) groups is 2. The van der Waals surface area contributed by atoms with Gasteiger partial charge in [-0.25, -0.2) is 4.39 Å². The van der Waals surface area contributed by atoms with Crippen LogP contribution in [-0.2, 0) is 4.79 Å². The number of benzene rings is 2. The molecule has 7 nitrogen and oxygen atoms in total. The lowest BCUT2D eigenvalue weighted by Gasteiger charge is -2.29. The number of methoxy groups -OCH3 is 3. The van der Waals surface area contributed by atoms with Crippen LogP contribution in [0.1, 0.15) is 53.9 Å². The second-order valence-electron chi connectivity index (χ2n) is 8.23. The highest BCUT2D eigenvalue weighted by Crippen LogP contribution is 2.44. The predicted molar refractivity (Wildman–Crippen MR) is 135 cm³/mol. The van der Waals surface area contributed by atoms with Crippen molar-refractivity contribution < 1.29 is 28.2 Å². The highest BCUT2D eigenvalue weighted by molar-refractivity contribution is 7.99. The van der Waals surface area contributed by atoms with E-state index in [2.05, 4.69) is 12.2 Å². The lowest BCUT2D eigenvalue weighted by Crippen LogP contribution is -2.48. The van der Waals surface area contributed by atoms with Crippen LogP contribution in [0.5, 0.6) is 17.2 Å². The number of carbonyl (C=O) groups excluding carboxylic acids is 2. The summed E-state index contributed by atoms with van der Waals surface area (Å²) in [4.78, 5) is 28.6. The molecule has 0 bridgehead atoms. The first-order chi connectivity index (χ1) is 16.9. The van der Waals surface area contributed by atoms with Gasteiger partial charge in [-0.2, -0.15) is 0 Å². The molecule has 0 radical (unpaired) electrons. The Bertz CT molecular complexity index is 992. The van der Waals surface area contributed by atoms with E-state index in [1.807, 2.05) is 0 Å². The first-order valence-corrected chi connectivity index (χ1v) is 12.8.